The highest BCUT2D eigenvalue weighted by molar-refractivity contribution is 5.81. The molecule has 1 aliphatic rings. The van der Waals surface area contributed by atoms with Crippen LogP contribution in [0.15, 0.2) is 48.5 Å². The first-order valence-corrected chi connectivity index (χ1v) is 10.9. The van der Waals surface area contributed by atoms with Gasteiger partial charge in [-0.25, -0.2) is 4.98 Å². The number of nitrogens with zero attached hydrogens (tertiary/aromatic N) is 3. The van der Waals surface area contributed by atoms with Gasteiger partial charge in [0.05, 0.1) is 11.0 Å². The normalized spacial score (nSPS) is 14.8. The Morgan fingerprint density at radius 1 is 1.00 bits per heavy atom. The number of carbonyl (C=O) groups excluding carboxylic acids is 1. The van der Waals surface area contributed by atoms with Gasteiger partial charge in [0.15, 0.2) is 0 Å². The van der Waals surface area contributed by atoms with Crippen molar-refractivity contribution >= 4 is 16.9 Å². The predicted octanol–water partition coefficient (Wildman–Crippen LogP) is 4.93. The minimum Gasteiger partial charge on any atom is -0.486 e. The highest BCUT2D eigenvalue weighted by Crippen LogP contribution is 2.25. The van der Waals surface area contributed by atoms with Crippen LogP contribution in [-0.2, 0) is 23.4 Å². The molecule has 1 aromatic heterocycles. The molecule has 158 valence electrons. The van der Waals surface area contributed by atoms with Crippen LogP contribution in [-0.4, -0.2) is 33.4 Å². The van der Waals surface area contributed by atoms with Gasteiger partial charge in [-0.3, -0.25) is 4.79 Å². The molecule has 0 unspecified atom stereocenters. The van der Waals surface area contributed by atoms with Crippen molar-refractivity contribution in [1.29, 1.82) is 0 Å². The summed E-state index contributed by atoms with van der Waals surface area (Å²) in [6.07, 6.45) is 3.40. The van der Waals surface area contributed by atoms with Gasteiger partial charge in [-0.2, -0.15) is 0 Å². The fourth-order valence-corrected chi connectivity index (χ4v) is 3.99. The molecule has 30 heavy (non-hydrogen) atoms. The van der Waals surface area contributed by atoms with Gasteiger partial charge in [-0.15, -0.1) is 0 Å². The Balaban J connectivity index is 1.53. The monoisotopic (exact) mass is 405 g/mol. The van der Waals surface area contributed by atoms with Gasteiger partial charge in [0, 0.05) is 13.1 Å². The first-order valence-electron chi connectivity index (χ1n) is 10.9. The maximum Gasteiger partial charge on any atom is 0.242 e. The maximum atomic E-state index is 12.9. The van der Waals surface area contributed by atoms with E-state index in [2.05, 4.69) is 32.9 Å². The highest BCUT2D eigenvalue weighted by Gasteiger charge is 2.20. The van der Waals surface area contributed by atoms with Crippen molar-refractivity contribution in [2.45, 2.75) is 58.6 Å². The Labute approximate surface area is 178 Å². The number of carbonyl (C=O) groups is 1. The molecule has 5 nitrogen and oxygen atoms in total. The molecular weight excluding hydrogens is 374 g/mol. The van der Waals surface area contributed by atoms with Crippen LogP contribution in [0.3, 0.4) is 0 Å². The van der Waals surface area contributed by atoms with Gasteiger partial charge in [-0.05, 0) is 54.5 Å². The largest absolute Gasteiger partial charge is 0.486 e. The zero-order valence-electron chi connectivity index (χ0n) is 18.2. The van der Waals surface area contributed by atoms with E-state index in [4.69, 9.17) is 9.72 Å². The van der Waals surface area contributed by atoms with E-state index in [-0.39, 0.29) is 11.3 Å². The van der Waals surface area contributed by atoms with Gasteiger partial charge in [0.1, 0.15) is 24.7 Å². The average Bonchev–Trinajstić information content (AvgIpc) is 3.10. The molecule has 3 aromatic rings. The smallest absolute Gasteiger partial charge is 0.242 e. The quantitative estimate of drug-likeness (QED) is 0.605. The van der Waals surface area contributed by atoms with E-state index in [1.165, 1.54) is 12.0 Å². The summed E-state index contributed by atoms with van der Waals surface area (Å²) in [6, 6.07) is 16.2. The topological polar surface area (TPSA) is 47.4 Å². The third-order valence-electron chi connectivity index (χ3n) is 5.82. The Morgan fingerprint density at radius 2 is 1.70 bits per heavy atom. The fraction of sp³-hybridized carbons (Fsp3) is 0.440. The van der Waals surface area contributed by atoms with Gasteiger partial charge < -0.3 is 14.2 Å². The van der Waals surface area contributed by atoms with Crippen molar-refractivity contribution in [3.05, 3.63) is 59.9 Å². The molecular formula is C25H31N3O2. The molecule has 5 heteroatoms. The van der Waals surface area contributed by atoms with Crippen LogP contribution in [0.25, 0.3) is 11.0 Å². The lowest BCUT2D eigenvalue weighted by molar-refractivity contribution is -0.132. The summed E-state index contributed by atoms with van der Waals surface area (Å²) in [7, 11) is 0. The first kappa shape index (κ1) is 20.5. The van der Waals surface area contributed by atoms with E-state index in [0.717, 1.165) is 48.5 Å². The van der Waals surface area contributed by atoms with Crippen molar-refractivity contribution in [3.8, 4) is 5.75 Å². The van der Waals surface area contributed by atoms with Crippen LogP contribution >= 0.6 is 0 Å². The van der Waals surface area contributed by atoms with Crippen molar-refractivity contribution in [2.75, 3.05) is 13.1 Å². The number of benzene rings is 2. The summed E-state index contributed by atoms with van der Waals surface area (Å²) < 4.78 is 8.06. The Morgan fingerprint density at radius 3 is 2.40 bits per heavy atom. The van der Waals surface area contributed by atoms with Gasteiger partial charge in [0.25, 0.3) is 0 Å². The Hall–Kier alpha value is -2.82. The first-order chi connectivity index (χ1) is 14.4. The third kappa shape index (κ3) is 4.50. The molecule has 0 aliphatic carbocycles. The van der Waals surface area contributed by atoms with E-state index in [1.807, 2.05) is 45.9 Å². The zero-order valence-corrected chi connectivity index (χ0v) is 18.2. The molecule has 2 heterocycles. The van der Waals surface area contributed by atoms with E-state index in [0.29, 0.717) is 13.2 Å². The number of rotatable bonds is 5. The minimum atomic E-state index is 0.112. The fourth-order valence-electron chi connectivity index (χ4n) is 3.99. The number of fused-ring (bicyclic) bond motifs is 1. The molecule has 0 spiro atoms. The molecule has 1 saturated heterocycles. The number of aromatic nitrogens is 2. The summed E-state index contributed by atoms with van der Waals surface area (Å²) in [5.41, 5.74) is 3.26. The number of piperidine rings is 1. The second kappa shape index (κ2) is 8.50. The molecule has 0 bridgehead atoms. The van der Waals surface area contributed by atoms with Gasteiger partial charge in [0.2, 0.25) is 5.91 Å². The lowest BCUT2D eigenvalue weighted by Crippen LogP contribution is -2.38. The summed E-state index contributed by atoms with van der Waals surface area (Å²) >= 11 is 0. The van der Waals surface area contributed by atoms with Crippen LogP contribution in [0.4, 0.5) is 0 Å². The number of hydrogen-bond donors (Lipinski definition) is 0. The number of imidazole rings is 1. The Bertz CT molecular complexity index is 1010. The SMILES string of the molecule is CC(C)(C)c1ccc(OCc2nc3ccccc3n2CC(=O)N2CCCCC2)cc1. The third-order valence-corrected chi connectivity index (χ3v) is 5.82. The summed E-state index contributed by atoms with van der Waals surface area (Å²) in [5, 5.41) is 0. The molecule has 1 aliphatic heterocycles. The number of ether oxygens (including phenoxy) is 1. The van der Waals surface area contributed by atoms with Gasteiger partial charge in [-0.1, -0.05) is 45.0 Å². The molecule has 0 N–H and O–H groups in total. The highest BCUT2D eigenvalue weighted by atomic mass is 16.5. The predicted molar refractivity (Wildman–Crippen MR) is 120 cm³/mol. The maximum absolute atomic E-state index is 12.9. The Kier molecular flexibility index (Phi) is 5.80. The van der Waals surface area contributed by atoms with E-state index < -0.39 is 0 Å². The van der Waals surface area contributed by atoms with E-state index >= 15 is 0 Å². The second-order valence-electron chi connectivity index (χ2n) is 9.11. The summed E-state index contributed by atoms with van der Waals surface area (Å²) in [5.74, 6) is 1.75. The van der Waals surface area contributed by atoms with Crippen LogP contribution in [0.2, 0.25) is 0 Å². The number of amides is 1. The van der Waals surface area contributed by atoms with Crippen molar-refractivity contribution < 1.29 is 9.53 Å². The second-order valence-corrected chi connectivity index (χ2v) is 9.11. The summed E-state index contributed by atoms with van der Waals surface area (Å²) in [6.45, 7) is 8.95. The van der Waals surface area contributed by atoms with Crippen molar-refractivity contribution in [1.82, 2.24) is 14.5 Å². The lowest BCUT2D eigenvalue weighted by atomic mass is 9.87. The number of para-hydroxylation sites is 2. The molecule has 1 fully saturated rings. The van der Waals surface area contributed by atoms with Gasteiger partial charge >= 0.3 is 0 Å². The minimum absolute atomic E-state index is 0.112. The standard InChI is InChI=1S/C25H31N3O2/c1-25(2,3)19-11-13-20(14-12-19)30-18-23-26-21-9-5-6-10-22(21)28(23)17-24(29)27-15-7-4-8-16-27/h5-6,9-14H,4,7-8,15-18H2,1-3H3. The van der Waals surface area contributed by atoms with Crippen molar-refractivity contribution in [2.24, 2.45) is 0 Å². The molecule has 0 atom stereocenters. The summed E-state index contributed by atoms with van der Waals surface area (Å²) in [4.78, 5) is 19.6. The van der Waals surface area contributed by atoms with E-state index in [1.54, 1.807) is 0 Å². The number of likely N-dealkylation sites (tertiary alicyclic amines) is 1. The molecule has 1 amide bonds. The van der Waals surface area contributed by atoms with Crippen LogP contribution in [0.5, 0.6) is 5.75 Å². The van der Waals surface area contributed by atoms with Crippen LogP contribution < -0.4 is 4.74 Å². The van der Waals surface area contributed by atoms with Crippen molar-refractivity contribution in [3.63, 3.8) is 0 Å². The zero-order chi connectivity index (χ0) is 21.1. The van der Waals surface area contributed by atoms with E-state index in [9.17, 15) is 4.79 Å². The number of hydrogen-bond acceptors (Lipinski definition) is 3. The molecule has 2 aromatic carbocycles. The molecule has 0 saturated carbocycles. The molecule has 0 radical (unpaired) electrons. The molecule has 4 rings (SSSR count). The van der Waals surface area contributed by atoms with Crippen LogP contribution in [0, 0.1) is 0 Å². The van der Waals surface area contributed by atoms with Crippen LogP contribution in [0.1, 0.15) is 51.4 Å². The lowest BCUT2D eigenvalue weighted by Gasteiger charge is -2.27. The average molecular weight is 406 g/mol.